The standard InChI is InChI=1S/C21H27N.ClH/c1-17(19-9-7-6-8-10-19)15-22(5)16-18-11-13-20(14-12-18)21(2,3)4;/h6-14H,1,15-16H2,2-5H3;1H. The summed E-state index contributed by atoms with van der Waals surface area (Å²) in [5.74, 6) is 0. The van der Waals surface area contributed by atoms with Gasteiger partial charge >= 0.3 is 0 Å². The van der Waals surface area contributed by atoms with Crippen molar-refractivity contribution in [2.24, 2.45) is 0 Å². The first kappa shape index (κ1) is 19.5. The zero-order chi connectivity index (χ0) is 16.2. The fourth-order valence-corrected chi connectivity index (χ4v) is 2.57. The molecule has 0 aliphatic rings. The van der Waals surface area contributed by atoms with Crippen molar-refractivity contribution >= 4 is 18.0 Å². The number of hydrogen-bond donors (Lipinski definition) is 0. The molecular weight excluding hydrogens is 302 g/mol. The Morgan fingerprint density at radius 2 is 1.52 bits per heavy atom. The number of nitrogens with zero attached hydrogens (tertiary/aromatic N) is 1. The molecule has 0 saturated heterocycles. The van der Waals surface area contributed by atoms with Crippen molar-refractivity contribution < 1.29 is 0 Å². The molecule has 0 bridgehead atoms. The molecule has 124 valence electrons. The van der Waals surface area contributed by atoms with Gasteiger partial charge in [-0.3, -0.25) is 4.90 Å². The van der Waals surface area contributed by atoms with Gasteiger partial charge in [0.25, 0.3) is 0 Å². The Bertz CT molecular complexity index is 609. The van der Waals surface area contributed by atoms with Crippen LogP contribution in [0.15, 0.2) is 61.2 Å². The average Bonchev–Trinajstić information content (AvgIpc) is 2.47. The fraction of sp³-hybridized carbons (Fsp3) is 0.333. The van der Waals surface area contributed by atoms with Gasteiger partial charge in [0, 0.05) is 13.1 Å². The van der Waals surface area contributed by atoms with Crippen molar-refractivity contribution in [1.29, 1.82) is 0 Å². The Morgan fingerprint density at radius 3 is 2.04 bits per heavy atom. The van der Waals surface area contributed by atoms with Gasteiger partial charge in [0.15, 0.2) is 0 Å². The van der Waals surface area contributed by atoms with E-state index in [4.69, 9.17) is 0 Å². The molecule has 0 N–H and O–H groups in total. The van der Waals surface area contributed by atoms with E-state index in [9.17, 15) is 0 Å². The summed E-state index contributed by atoms with van der Waals surface area (Å²) in [5, 5.41) is 0. The van der Waals surface area contributed by atoms with Gasteiger partial charge in [-0.25, -0.2) is 0 Å². The average molecular weight is 330 g/mol. The smallest absolute Gasteiger partial charge is 0.0234 e. The van der Waals surface area contributed by atoms with Crippen LogP contribution in [0.1, 0.15) is 37.5 Å². The predicted molar refractivity (Wildman–Crippen MR) is 104 cm³/mol. The molecule has 2 aromatic carbocycles. The van der Waals surface area contributed by atoms with Gasteiger partial charge in [-0.1, -0.05) is 81.9 Å². The van der Waals surface area contributed by atoms with Crippen molar-refractivity contribution in [2.75, 3.05) is 13.6 Å². The van der Waals surface area contributed by atoms with Crippen LogP contribution < -0.4 is 0 Å². The molecule has 0 atom stereocenters. The van der Waals surface area contributed by atoms with E-state index in [-0.39, 0.29) is 17.8 Å². The first-order valence-electron chi connectivity index (χ1n) is 7.87. The molecule has 0 fully saturated rings. The third-order valence-electron chi connectivity index (χ3n) is 3.92. The normalized spacial score (nSPS) is 11.2. The molecule has 1 nitrogen and oxygen atoms in total. The van der Waals surface area contributed by atoms with Gasteiger partial charge < -0.3 is 0 Å². The molecular formula is C21H28ClN. The van der Waals surface area contributed by atoms with E-state index in [1.54, 1.807) is 0 Å². The van der Waals surface area contributed by atoms with Crippen LogP contribution in [0.2, 0.25) is 0 Å². The number of benzene rings is 2. The molecule has 23 heavy (non-hydrogen) atoms. The third kappa shape index (κ3) is 5.85. The number of hydrogen-bond acceptors (Lipinski definition) is 1. The SMILES string of the molecule is C=C(CN(C)Cc1ccc(C(C)(C)C)cc1)c1ccccc1.Cl. The molecule has 2 aromatic rings. The highest BCUT2D eigenvalue weighted by atomic mass is 35.5. The van der Waals surface area contributed by atoms with Gasteiger partial charge in [-0.15, -0.1) is 12.4 Å². The van der Waals surface area contributed by atoms with Gasteiger partial charge in [-0.2, -0.15) is 0 Å². The quantitative estimate of drug-likeness (QED) is 0.695. The summed E-state index contributed by atoms with van der Waals surface area (Å²) in [5.41, 5.74) is 5.32. The van der Waals surface area contributed by atoms with Crippen molar-refractivity contribution in [3.05, 3.63) is 77.9 Å². The molecule has 0 aliphatic heterocycles. The van der Waals surface area contributed by atoms with Crippen LogP contribution >= 0.6 is 12.4 Å². The van der Waals surface area contributed by atoms with Crippen LogP contribution in [-0.4, -0.2) is 18.5 Å². The molecule has 0 amide bonds. The van der Waals surface area contributed by atoms with Gasteiger partial charge in [0.05, 0.1) is 0 Å². The lowest BCUT2D eigenvalue weighted by molar-refractivity contribution is 0.369. The molecule has 0 saturated carbocycles. The van der Waals surface area contributed by atoms with E-state index in [0.29, 0.717) is 0 Å². The van der Waals surface area contributed by atoms with Crippen LogP contribution in [0.5, 0.6) is 0 Å². The lowest BCUT2D eigenvalue weighted by Crippen LogP contribution is -2.20. The summed E-state index contributed by atoms with van der Waals surface area (Å²) in [4.78, 5) is 2.31. The summed E-state index contributed by atoms with van der Waals surface area (Å²) in [6.45, 7) is 12.8. The van der Waals surface area contributed by atoms with E-state index < -0.39 is 0 Å². The Morgan fingerprint density at radius 1 is 0.957 bits per heavy atom. The van der Waals surface area contributed by atoms with Crippen LogP contribution in [0.4, 0.5) is 0 Å². The van der Waals surface area contributed by atoms with E-state index in [1.165, 1.54) is 16.7 Å². The lowest BCUT2D eigenvalue weighted by Gasteiger charge is -2.21. The highest BCUT2D eigenvalue weighted by Gasteiger charge is 2.13. The summed E-state index contributed by atoms with van der Waals surface area (Å²) < 4.78 is 0. The molecule has 0 spiro atoms. The first-order valence-corrected chi connectivity index (χ1v) is 7.87. The molecule has 0 unspecified atom stereocenters. The number of halogens is 1. The highest BCUT2D eigenvalue weighted by Crippen LogP contribution is 2.22. The van der Waals surface area contributed by atoms with Crippen LogP contribution in [0, 0.1) is 0 Å². The van der Waals surface area contributed by atoms with Gasteiger partial charge in [-0.05, 0) is 34.7 Å². The monoisotopic (exact) mass is 329 g/mol. The van der Waals surface area contributed by atoms with Gasteiger partial charge in [0.1, 0.15) is 0 Å². The molecule has 0 radical (unpaired) electrons. The van der Waals surface area contributed by atoms with Crippen molar-refractivity contribution in [3.63, 3.8) is 0 Å². The number of rotatable bonds is 5. The molecule has 2 heteroatoms. The second-order valence-corrected chi connectivity index (χ2v) is 7.09. The maximum atomic E-state index is 4.21. The maximum absolute atomic E-state index is 4.21. The molecule has 0 aromatic heterocycles. The Kier molecular flexibility index (Phi) is 7.05. The van der Waals surface area contributed by atoms with E-state index >= 15 is 0 Å². The summed E-state index contributed by atoms with van der Waals surface area (Å²) in [6, 6.07) is 19.4. The Hall–Kier alpha value is -1.57. The van der Waals surface area contributed by atoms with Crippen LogP contribution in [-0.2, 0) is 12.0 Å². The second-order valence-electron chi connectivity index (χ2n) is 7.09. The molecule has 2 rings (SSSR count). The molecule has 0 aliphatic carbocycles. The predicted octanol–water partition coefficient (Wildman–Crippen LogP) is 5.55. The minimum Gasteiger partial charge on any atom is -0.298 e. The minimum absolute atomic E-state index is 0. The van der Waals surface area contributed by atoms with E-state index in [0.717, 1.165) is 18.7 Å². The topological polar surface area (TPSA) is 3.24 Å². The summed E-state index contributed by atoms with van der Waals surface area (Å²) in [6.07, 6.45) is 0. The van der Waals surface area contributed by atoms with Crippen LogP contribution in [0.3, 0.4) is 0 Å². The second kappa shape index (κ2) is 8.33. The van der Waals surface area contributed by atoms with Crippen molar-refractivity contribution in [1.82, 2.24) is 4.90 Å². The summed E-state index contributed by atoms with van der Waals surface area (Å²) in [7, 11) is 2.14. The zero-order valence-electron chi connectivity index (χ0n) is 14.7. The Balaban J connectivity index is 0.00000264. The van der Waals surface area contributed by atoms with Gasteiger partial charge in [0.2, 0.25) is 0 Å². The van der Waals surface area contributed by atoms with Crippen molar-refractivity contribution in [3.8, 4) is 0 Å². The Labute approximate surface area is 147 Å². The molecule has 0 heterocycles. The highest BCUT2D eigenvalue weighted by molar-refractivity contribution is 5.85. The zero-order valence-corrected chi connectivity index (χ0v) is 15.5. The largest absolute Gasteiger partial charge is 0.298 e. The van der Waals surface area contributed by atoms with Crippen molar-refractivity contribution in [2.45, 2.75) is 32.7 Å². The lowest BCUT2D eigenvalue weighted by atomic mass is 9.87. The first-order chi connectivity index (χ1) is 10.4. The minimum atomic E-state index is 0. The number of likely N-dealkylation sites (N-methyl/N-ethyl adjacent to an activating group) is 1. The third-order valence-corrected chi connectivity index (χ3v) is 3.92. The maximum Gasteiger partial charge on any atom is 0.0234 e. The van der Waals surface area contributed by atoms with E-state index in [2.05, 4.69) is 87.8 Å². The summed E-state index contributed by atoms with van der Waals surface area (Å²) >= 11 is 0. The van der Waals surface area contributed by atoms with E-state index in [1.807, 2.05) is 6.07 Å². The van der Waals surface area contributed by atoms with Crippen LogP contribution in [0.25, 0.3) is 5.57 Å². The fourth-order valence-electron chi connectivity index (χ4n) is 2.57.